The molecule has 1 aliphatic rings. The number of hydrogen-bond donors (Lipinski definition) is 2. The van der Waals surface area contributed by atoms with Gasteiger partial charge in [-0.05, 0) is 37.6 Å². The van der Waals surface area contributed by atoms with Gasteiger partial charge in [0, 0.05) is 26.3 Å². The molecule has 0 amide bonds. The Morgan fingerprint density at radius 3 is 2.70 bits per heavy atom. The summed E-state index contributed by atoms with van der Waals surface area (Å²) >= 11 is 0. The number of methoxy groups -OCH3 is 1. The number of hydrogen-bond acceptors (Lipinski definition) is 4. The molecule has 1 atom stereocenters. The third-order valence-corrected chi connectivity index (χ3v) is 5.26. The van der Waals surface area contributed by atoms with Gasteiger partial charge >= 0.3 is 0 Å². The van der Waals surface area contributed by atoms with Crippen molar-refractivity contribution >= 4 is 10.0 Å². The summed E-state index contributed by atoms with van der Waals surface area (Å²) < 4.78 is 31.8. The highest BCUT2D eigenvalue weighted by Gasteiger charge is 2.22. The molecule has 20 heavy (non-hydrogen) atoms. The van der Waals surface area contributed by atoms with Gasteiger partial charge in [0.15, 0.2) is 0 Å². The topological polar surface area (TPSA) is 67.4 Å². The van der Waals surface area contributed by atoms with Crippen LogP contribution in [0.15, 0.2) is 0 Å². The summed E-state index contributed by atoms with van der Waals surface area (Å²) in [5.74, 6) is 0.213. The molecule has 2 N–H and O–H groups in total. The molecule has 1 saturated heterocycles. The molecule has 0 aromatic heterocycles. The third kappa shape index (κ3) is 7.57. The maximum atomic E-state index is 12.0. The molecule has 5 nitrogen and oxygen atoms in total. The lowest BCUT2D eigenvalue weighted by atomic mass is 9.90. The minimum absolute atomic E-state index is 0.0772. The quantitative estimate of drug-likeness (QED) is 0.677. The number of ether oxygens (including phenoxy) is 1. The van der Waals surface area contributed by atoms with Gasteiger partial charge in [-0.25, -0.2) is 13.1 Å². The highest BCUT2D eigenvalue weighted by molar-refractivity contribution is 7.89. The van der Waals surface area contributed by atoms with Crippen LogP contribution in [-0.4, -0.2) is 47.0 Å². The first-order chi connectivity index (χ1) is 9.35. The average molecular weight is 306 g/mol. The summed E-state index contributed by atoms with van der Waals surface area (Å²) in [4.78, 5) is 0. The van der Waals surface area contributed by atoms with E-state index < -0.39 is 10.0 Å². The van der Waals surface area contributed by atoms with Crippen molar-refractivity contribution in [2.45, 2.75) is 52.0 Å². The summed E-state index contributed by atoms with van der Waals surface area (Å²) in [5, 5.41) is 3.38. The van der Waals surface area contributed by atoms with Gasteiger partial charge < -0.3 is 10.1 Å². The lowest BCUT2D eigenvalue weighted by Crippen LogP contribution is -2.39. The highest BCUT2D eigenvalue weighted by atomic mass is 32.2. The summed E-state index contributed by atoms with van der Waals surface area (Å²) in [5.41, 5.74) is -0.0772. The van der Waals surface area contributed by atoms with Gasteiger partial charge in [-0.1, -0.05) is 20.3 Å². The van der Waals surface area contributed by atoms with Crippen LogP contribution in [0, 0.1) is 5.41 Å². The second-order valence-electron chi connectivity index (χ2n) is 6.48. The van der Waals surface area contributed by atoms with Crippen molar-refractivity contribution in [3.63, 3.8) is 0 Å². The maximum Gasteiger partial charge on any atom is 0.211 e. The molecule has 1 fully saturated rings. The molecular formula is C14H30N2O3S. The lowest BCUT2D eigenvalue weighted by molar-refractivity contribution is 0.153. The summed E-state index contributed by atoms with van der Waals surface area (Å²) in [6.07, 6.45) is 5.04. The van der Waals surface area contributed by atoms with E-state index in [1.54, 1.807) is 7.11 Å². The van der Waals surface area contributed by atoms with Gasteiger partial charge in [-0.15, -0.1) is 0 Å². The van der Waals surface area contributed by atoms with E-state index in [1.807, 2.05) is 0 Å². The van der Waals surface area contributed by atoms with E-state index in [0.717, 1.165) is 19.4 Å². The molecule has 0 saturated carbocycles. The number of nitrogens with one attached hydrogen (secondary N) is 2. The van der Waals surface area contributed by atoms with Crippen molar-refractivity contribution in [2.24, 2.45) is 5.41 Å². The van der Waals surface area contributed by atoms with Gasteiger partial charge in [0.05, 0.1) is 5.75 Å². The van der Waals surface area contributed by atoms with E-state index in [4.69, 9.17) is 4.74 Å². The van der Waals surface area contributed by atoms with Crippen LogP contribution in [0.1, 0.15) is 46.0 Å². The number of rotatable bonds is 9. The maximum absolute atomic E-state index is 12.0. The van der Waals surface area contributed by atoms with E-state index in [-0.39, 0.29) is 11.2 Å². The van der Waals surface area contributed by atoms with E-state index in [2.05, 4.69) is 23.9 Å². The van der Waals surface area contributed by atoms with Crippen molar-refractivity contribution in [1.82, 2.24) is 10.0 Å². The SMILES string of the molecule is COCCC(C)(C)CNS(=O)(=O)CCC1CCCCN1. The second kappa shape index (κ2) is 8.32. The van der Waals surface area contributed by atoms with Gasteiger partial charge in [0.1, 0.15) is 0 Å². The van der Waals surface area contributed by atoms with Crippen LogP contribution in [0.2, 0.25) is 0 Å². The molecule has 1 aliphatic heterocycles. The van der Waals surface area contributed by atoms with E-state index >= 15 is 0 Å². The monoisotopic (exact) mass is 306 g/mol. The van der Waals surface area contributed by atoms with Crippen LogP contribution in [0.25, 0.3) is 0 Å². The molecule has 0 radical (unpaired) electrons. The zero-order valence-electron chi connectivity index (χ0n) is 13.1. The molecule has 6 heteroatoms. The van der Waals surface area contributed by atoms with Crippen molar-refractivity contribution < 1.29 is 13.2 Å². The van der Waals surface area contributed by atoms with Crippen LogP contribution in [-0.2, 0) is 14.8 Å². The van der Waals surface area contributed by atoms with Gasteiger partial charge in [0.2, 0.25) is 10.0 Å². The molecule has 0 aromatic rings. The Balaban J connectivity index is 2.29. The van der Waals surface area contributed by atoms with Crippen LogP contribution < -0.4 is 10.0 Å². The fourth-order valence-electron chi connectivity index (χ4n) is 2.31. The van der Waals surface area contributed by atoms with E-state index in [0.29, 0.717) is 25.6 Å². The standard InChI is InChI=1S/C14H30N2O3S/c1-14(2,8-10-19-3)12-16-20(17,18)11-7-13-6-4-5-9-15-13/h13,15-16H,4-12H2,1-3H3. The zero-order valence-corrected chi connectivity index (χ0v) is 13.9. The second-order valence-corrected chi connectivity index (χ2v) is 8.41. The van der Waals surface area contributed by atoms with Crippen molar-refractivity contribution in [3.8, 4) is 0 Å². The van der Waals surface area contributed by atoms with Gasteiger partial charge in [-0.2, -0.15) is 0 Å². The van der Waals surface area contributed by atoms with Gasteiger partial charge in [-0.3, -0.25) is 0 Å². The van der Waals surface area contributed by atoms with Crippen LogP contribution in [0.3, 0.4) is 0 Å². The first-order valence-corrected chi connectivity index (χ1v) is 9.19. The molecule has 0 bridgehead atoms. The Kier molecular flexibility index (Phi) is 7.43. The summed E-state index contributed by atoms with van der Waals surface area (Å²) in [7, 11) is -1.51. The average Bonchev–Trinajstić information content (AvgIpc) is 2.43. The van der Waals surface area contributed by atoms with Crippen LogP contribution in [0.5, 0.6) is 0 Å². The molecular weight excluding hydrogens is 276 g/mol. The molecule has 0 aromatic carbocycles. The van der Waals surface area contributed by atoms with Crippen LogP contribution in [0.4, 0.5) is 0 Å². The van der Waals surface area contributed by atoms with Crippen molar-refractivity contribution in [3.05, 3.63) is 0 Å². The molecule has 1 rings (SSSR count). The molecule has 0 aliphatic carbocycles. The smallest absolute Gasteiger partial charge is 0.211 e. The molecule has 0 spiro atoms. The number of piperidine rings is 1. The Morgan fingerprint density at radius 1 is 1.35 bits per heavy atom. The Bertz CT molecular complexity index is 363. The van der Waals surface area contributed by atoms with Crippen molar-refractivity contribution in [2.75, 3.05) is 32.6 Å². The van der Waals surface area contributed by atoms with E-state index in [1.165, 1.54) is 12.8 Å². The Labute approximate surface area is 123 Å². The minimum atomic E-state index is -3.17. The fourth-order valence-corrected chi connectivity index (χ4v) is 3.66. The summed E-state index contributed by atoms with van der Waals surface area (Å²) in [6.45, 7) is 6.24. The highest BCUT2D eigenvalue weighted by Crippen LogP contribution is 2.19. The largest absolute Gasteiger partial charge is 0.385 e. The Morgan fingerprint density at radius 2 is 2.10 bits per heavy atom. The van der Waals surface area contributed by atoms with E-state index in [9.17, 15) is 8.42 Å². The fraction of sp³-hybridized carbons (Fsp3) is 1.00. The van der Waals surface area contributed by atoms with Gasteiger partial charge in [0.25, 0.3) is 0 Å². The predicted molar refractivity (Wildman–Crippen MR) is 82.3 cm³/mol. The normalized spacial score (nSPS) is 21.1. The predicted octanol–water partition coefficient (Wildman–Crippen LogP) is 1.50. The first kappa shape index (κ1) is 17.9. The van der Waals surface area contributed by atoms with Crippen molar-refractivity contribution in [1.29, 1.82) is 0 Å². The molecule has 1 unspecified atom stereocenters. The summed E-state index contributed by atoms with van der Waals surface area (Å²) in [6, 6.07) is 0.363. The zero-order chi connectivity index (χ0) is 15.1. The van der Waals surface area contributed by atoms with Crippen LogP contribution >= 0.6 is 0 Å². The Hall–Kier alpha value is -0.170. The third-order valence-electron chi connectivity index (χ3n) is 3.90. The molecule has 120 valence electrons. The lowest BCUT2D eigenvalue weighted by Gasteiger charge is -2.26. The molecule has 1 heterocycles. The first-order valence-electron chi connectivity index (χ1n) is 7.54. The minimum Gasteiger partial charge on any atom is -0.385 e. The number of sulfonamides is 1.